The fourth-order valence-corrected chi connectivity index (χ4v) is 7.59. The lowest BCUT2D eigenvalue weighted by molar-refractivity contribution is -0.153. The molecule has 4 rings (SSSR count). The van der Waals surface area contributed by atoms with E-state index in [0.29, 0.717) is 13.1 Å². The van der Waals surface area contributed by atoms with E-state index in [1.807, 2.05) is 31.2 Å². The standard InChI is InChI=1S/C22H30N2O5S/c1-4-5-10-23-11-6-9-22-15(16-20(28)29-12-7-8-21(16,3)30-22)18(26)24(14(2)13-25)17(22)19(23)27/h6-9,14-17,25H,4-5,10-13H2,1-3H3/t14-,15+,16-,17?,21+,22+/m1/s1. The summed E-state index contributed by atoms with van der Waals surface area (Å²) in [6, 6.07) is -1.26. The summed E-state index contributed by atoms with van der Waals surface area (Å²) in [6.07, 6.45) is 9.59. The van der Waals surface area contributed by atoms with E-state index in [-0.39, 0.29) is 25.0 Å². The summed E-state index contributed by atoms with van der Waals surface area (Å²) in [6.45, 7) is 6.85. The highest BCUT2D eigenvalue weighted by atomic mass is 32.2. The molecule has 30 heavy (non-hydrogen) atoms. The first kappa shape index (κ1) is 21.4. The van der Waals surface area contributed by atoms with Gasteiger partial charge in [-0.2, -0.15) is 0 Å². The Morgan fingerprint density at radius 1 is 1.23 bits per heavy atom. The van der Waals surface area contributed by atoms with Gasteiger partial charge in [0, 0.05) is 17.8 Å². The third kappa shape index (κ3) is 2.94. The number of nitrogens with zero attached hydrogens (tertiary/aromatic N) is 2. The number of aliphatic hydroxyl groups excluding tert-OH is 1. The molecule has 2 amide bonds. The molecule has 1 unspecified atom stereocenters. The summed E-state index contributed by atoms with van der Waals surface area (Å²) in [4.78, 5) is 43.8. The number of amides is 2. The van der Waals surface area contributed by atoms with Gasteiger partial charge in [-0.3, -0.25) is 14.4 Å². The predicted octanol–water partition coefficient (Wildman–Crippen LogP) is 1.37. The average molecular weight is 435 g/mol. The van der Waals surface area contributed by atoms with Crippen molar-refractivity contribution in [3.8, 4) is 0 Å². The minimum Gasteiger partial charge on any atom is -0.461 e. The van der Waals surface area contributed by atoms with Crippen LogP contribution in [0.25, 0.3) is 0 Å². The van der Waals surface area contributed by atoms with Gasteiger partial charge in [-0.1, -0.05) is 31.6 Å². The summed E-state index contributed by atoms with van der Waals surface area (Å²) < 4.78 is 3.89. The van der Waals surface area contributed by atoms with E-state index >= 15 is 0 Å². The van der Waals surface area contributed by atoms with Gasteiger partial charge in [-0.15, -0.1) is 11.8 Å². The van der Waals surface area contributed by atoms with Gasteiger partial charge in [0.05, 0.1) is 29.2 Å². The Bertz CT molecular complexity index is 813. The molecule has 0 aromatic rings. The fraction of sp³-hybridized carbons (Fsp3) is 0.682. The van der Waals surface area contributed by atoms with Crippen LogP contribution in [0.4, 0.5) is 0 Å². The summed E-state index contributed by atoms with van der Waals surface area (Å²) in [5.74, 6) is -2.12. The van der Waals surface area contributed by atoms with Crippen molar-refractivity contribution >= 4 is 29.5 Å². The number of thioether (sulfide) groups is 1. The third-order valence-electron chi connectivity index (χ3n) is 6.85. The van der Waals surface area contributed by atoms with Gasteiger partial charge in [0.25, 0.3) is 0 Å². The van der Waals surface area contributed by atoms with Crippen molar-refractivity contribution in [1.29, 1.82) is 0 Å². The Morgan fingerprint density at radius 3 is 2.70 bits per heavy atom. The first-order chi connectivity index (χ1) is 14.3. The molecule has 4 heterocycles. The maximum atomic E-state index is 13.8. The number of likely N-dealkylation sites (tertiary alicyclic amines) is 1. The van der Waals surface area contributed by atoms with Gasteiger partial charge >= 0.3 is 5.97 Å². The van der Waals surface area contributed by atoms with Crippen LogP contribution >= 0.6 is 11.8 Å². The number of fused-ring (bicyclic) bond motifs is 2. The van der Waals surface area contributed by atoms with Crippen LogP contribution < -0.4 is 0 Å². The Labute approximate surface area is 181 Å². The minimum atomic E-state index is -0.862. The Kier molecular flexibility index (Phi) is 5.51. The number of hydrogen-bond donors (Lipinski definition) is 1. The van der Waals surface area contributed by atoms with Gasteiger partial charge < -0.3 is 19.6 Å². The molecule has 0 aliphatic carbocycles. The first-order valence-corrected chi connectivity index (χ1v) is 11.6. The van der Waals surface area contributed by atoms with Crippen molar-refractivity contribution in [1.82, 2.24) is 9.80 Å². The van der Waals surface area contributed by atoms with E-state index in [9.17, 15) is 19.5 Å². The number of unbranched alkanes of at least 4 members (excludes halogenated alkanes) is 1. The van der Waals surface area contributed by atoms with Crippen molar-refractivity contribution in [2.24, 2.45) is 11.8 Å². The minimum absolute atomic E-state index is 0.102. The van der Waals surface area contributed by atoms with Crippen LogP contribution in [0.15, 0.2) is 24.3 Å². The summed E-state index contributed by atoms with van der Waals surface area (Å²) in [7, 11) is 0. The number of cyclic esters (lactones) is 1. The molecule has 0 aromatic heterocycles. The quantitative estimate of drug-likeness (QED) is 0.519. The van der Waals surface area contributed by atoms with Crippen molar-refractivity contribution in [2.75, 3.05) is 26.3 Å². The van der Waals surface area contributed by atoms with E-state index < -0.39 is 39.4 Å². The van der Waals surface area contributed by atoms with Gasteiger partial charge in [0.2, 0.25) is 11.8 Å². The molecule has 0 aromatic carbocycles. The topological polar surface area (TPSA) is 87.2 Å². The third-order valence-corrected chi connectivity index (χ3v) is 8.65. The zero-order valence-corrected chi connectivity index (χ0v) is 18.6. The van der Waals surface area contributed by atoms with E-state index in [2.05, 4.69) is 6.92 Å². The smallest absolute Gasteiger partial charge is 0.311 e. The van der Waals surface area contributed by atoms with Crippen LogP contribution in [0.5, 0.6) is 0 Å². The number of carbonyl (C=O) groups is 3. The predicted molar refractivity (Wildman–Crippen MR) is 114 cm³/mol. The van der Waals surface area contributed by atoms with Crippen LogP contribution in [-0.4, -0.2) is 80.6 Å². The van der Waals surface area contributed by atoms with Crippen LogP contribution in [-0.2, 0) is 19.1 Å². The summed E-state index contributed by atoms with van der Waals surface area (Å²) >= 11 is 1.53. The number of ether oxygens (including phenoxy) is 1. The lowest BCUT2D eigenvalue weighted by atomic mass is 9.75. The van der Waals surface area contributed by atoms with E-state index in [1.54, 1.807) is 11.8 Å². The summed E-state index contributed by atoms with van der Waals surface area (Å²) in [5, 5.41) is 9.86. The zero-order chi connectivity index (χ0) is 21.7. The van der Waals surface area contributed by atoms with Gasteiger partial charge in [-0.05, 0) is 26.3 Å². The average Bonchev–Trinajstić information content (AvgIpc) is 2.99. The van der Waals surface area contributed by atoms with Crippen molar-refractivity contribution in [3.63, 3.8) is 0 Å². The molecular weight excluding hydrogens is 404 g/mol. The molecule has 1 spiro atoms. The molecule has 2 fully saturated rings. The second-order valence-electron chi connectivity index (χ2n) is 8.85. The lowest BCUT2D eigenvalue weighted by Gasteiger charge is -2.38. The highest BCUT2D eigenvalue weighted by molar-refractivity contribution is 8.02. The molecule has 0 bridgehead atoms. The van der Waals surface area contributed by atoms with Crippen molar-refractivity contribution < 1.29 is 24.2 Å². The molecule has 0 radical (unpaired) electrons. The fourth-order valence-electron chi connectivity index (χ4n) is 5.45. The normalized spacial score (nSPS) is 38.7. The molecule has 4 aliphatic heterocycles. The van der Waals surface area contributed by atoms with Crippen molar-refractivity contribution in [3.05, 3.63) is 24.3 Å². The number of aliphatic hydroxyl groups is 1. The number of rotatable bonds is 5. The molecular formula is C22H30N2O5S. The SMILES string of the molecule is CCCCN1CC=C[C@]23S[C@@]4(C)C=CCOC(=O)[C@H]4[C@H]2C(=O)N([C@H](C)CO)C3C1=O. The highest BCUT2D eigenvalue weighted by Gasteiger charge is 2.74. The molecule has 0 saturated carbocycles. The Morgan fingerprint density at radius 2 is 2.00 bits per heavy atom. The molecule has 6 atom stereocenters. The second kappa shape index (κ2) is 7.71. The maximum Gasteiger partial charge on any atom is 0.311 e. The van der Waals surface area contributed by atoms with E-state index in [1.165, 1.54) is 16.7 Å². The van der Waals surface area contributed by atoms with Gasteiger partial charge in [-0.25, -0.2) is 0 Å². The zero-order valence-electron chi connectivity index (χ0n) is 17.7. The van der Waals surface area contributed by atoms with Gasteiger partial charge in [0.15, 0.2) is 0 Å². The Balaban J connectivity index is 1.85. The van der Waals surface area contributed by atoms with Crippen molar-refractivity contribution in [2.45, 2.75) is 55.2 Å². The molecule has 4 aliphatic rings. The van der Waals surface area contributed by atoms with Crippen LogP contribution in [0.2, 0.25) is 0 Å². The largest absolute Gasteiger partial charge is 0.461 e. The molecule has 2 saturated heterocycles. The number of carbonyl (C=O) groups excluding carboxylic acids is 3. The molecule has 164 valence electrons. The van der Waals surface area contributed by atoms with Crippen LogP contribution in [0, 0.1) is 11.8 Å². The number of esters is 1. The molecule has 7 nitrogen and oxygen atoms in total. The van der Waals surface area contributed by atoms with Crippen LogP contribution in [0.3, 0.4) is 0 Å². The first-order valence-electron chi connectivity index (χ1n) is 10.7. The Hall–Kier alpha value is -1.80. The highest BCUT2D eigenvalue weighted by Crippen LogP contribution is 2.65. The second-order valence-corrected chi connectivity index (χ2v) is 10.6. The lowest BCUT2D eigenvalue weighted by Crippen LogP contribution is -2.56. The van der Waals surface area contributed by atoms with E-state index in [0.717, 1.165) is 12.8 Å². The monoisotopic (exact) mass is 434 g/mol. The van der Waals surface area contributed by atoms with E-state index in [4.69, 9.17) is 4.74 Å². The molecule has 8 heteroatoms. The van der Waals surface area contributed by atoms with Gasteiger partial charge in [0.1, 0.15) is 12.6 Å². The van der Waals surface area contributed by atoms with Crippen LogP contribution in [0.1, 0.15) is 33.6 Å². The summed E-state index contributed by atoms with van der Waals surface area (Å²) in [5.41, 5.74) is 0. The maximum absolute atomic E-state index is 13.8. The molecule has 1 N–H and O–H groups in total. The number of hydrogen-bond acceptors (Lipinski definition) is 6.